The molecule has 0 saturated heterocycles. The fourth-order valence-electron chi connectivity index (χ4n) is 2.18. The molecule has 0 atom stereocenters. The second-order valence-corrected chi connectivity index (χ2v) is 11.2. The highest BCUT2D eigenvalue weighted by Crippen LogP contribution is 2.45. The van der Waals surface area contributed by atoms with Gasteiger partial charge in [-0.15, -0.1) is 0 Å². The van der Waals surface area contributed by atoms with Crippen LogP contribution in [0.25, 0.3) is 22.0 Å². The van der Waals surface area contributed by atoms with Gasteiger partial charge in [-0.1, -0.05) is 96.3 Å². The third-order valence-corrected chi connectivity index (χ3v) is 4.31. The van der Waals surface area contributed by atoms with E-state index in [4.69, 9.17) is 4.98 Å². The molecule has 0 aliphatic rings. The van der Waals surface area contributed by atoms with Gasteiger partial charge in [0.1, 0.15) is 0 Å². The van der Waals surface area contributed by atoms with Crippen LogP contribution in [-0.2, 0) is 2.14 Å². The van der Waals surface area contributed by atoms with Crippen molar-refractivity contribution in [3.63, 3.8) is 0 Å². The Morgan fingerprint density at radius 3 is 2.15 bits per heavy atom. The van der Waals surface area contributed by atoms with Crippen molar-refractivity contribution in [3.05, 3.63) is 66.4 Å². The van der Waals surface area contributed by atoms with Gasteiger partial charge in [0, 0.05) is 5.39 Å². The lowest BCUT2D eigenvalue weighted by Gasteiger charge is -2.15. The number of fused-ring (bicyclic) bond motifs is 1. The largest absolute Gasteiger partial charge is 0.249 e. The highest BCUT2D eigenvalue weighted by atomic mass is 80.0. The molecule has 0 saturated carbocycles. The van der Waals surface area contributed by atoms with Crippen LogP contribution in [0.3, 0.4) is 0 Å². The van der Waals surface area contributed by atoms with E-state index in [-0.39, 0.29) is 0 Å². The molecule has 0 radical (unpaired) electrons. The predicted octanol–water partition coefficient (Wildman–Crippen LogP) is 6.20. The smallest absolute Gasteiger partial charge is 0.176 e. The minimum Gasteiger partial charge on any atom is -0.249 e. The quantitative estimate of drug-likeness (QED) is 0.398. The number of rotatable bonds is 1. The van der Waals surface area contributed by atoms with E-state index in [9.17, 15) is 0 Å². The Hall–Kier alpha value is -0.710. The van der Waals surface area contributed by atoms with Gasteiger partial charge >= 0.3 is 0 Å². The molecule has 3 rings (SSSR count). The first-order valence-electron chi connectivity index (χ1n) is 6.08. The van der Waals surface area contributed by atoms with Gasteiger partial charge in [0.25, 0.3) is 0 Å². The van der Waals surface area contributed by atoms with Crippen LogP contribution in [0.15, 0.2) is 60.7 Å². The molecular formula is C16H10Br3N. The molecule has 20 heavy (non-hydrogen) atoms. The Morgan fingerprint density at radius 1 is 0.800 bits per heavy atom. The van der Waals surface area contributed by atoms with E-state index < -0.39 is 2.14 Å². The van der Waals surface area contributed by atoms with E-state index in [1.54, 1.807) is 0 Å². The molecule has 4 heteroatoms. The highest BCUT2D eigenvalue weighted by Gasteiger charge is 2.24. The van der Waals surface area contributed by atoms with Crippen molar-refractivity contribution in [2.24, 2.45) is 0 Å². The van der Waals surface area contributed by atoms with E-state index in [2.05, 4.69) is 72.1 Å². The standard InChI is InChI=1S/C16H10Br3N/c17-16(18,19)15-10-13(11-6-2-1-3-7-11)12-8-4-5-9-14(12)20-15/h1-10H. The molecule has 3 aromatic rings. The number of pyridine rings is 1. The summed E-state index contributed by atoms with van der Waals surface area (Å²) in [4.78, 5) is 4.69. The molecule has 1 heterocycles. The van der Waals surface area contributed by atoms with Crippen molar-refractivity contribution in [1.82, 2.24) is 4.98 Å². The fraction of sp³-hybridized carbons (Fsp3) is 0.0625. The third-order valence-electron chi connectivity index (χ3n) is 3.09. The molecule has 0 aliphatic carbocycles. The number of hydrogen-bond donors (Lipinski definition) is 0. The number of aromatic nitrogens is 1. The first kappa shape index (κ1) is 14.2. The van der Waals surface area contributed by atoms with Gasteiger partial charge in [-0.25, -0.2) is 4.98 Å². The first-order chi connectivity index (χ1) is 9.55. The number of benzene rings is 2. The average Bonchev–Trinajstić information content (AvgIpc) is 2.46. The molecule has 0 N–H and O–H groups in total. The van der Waals surface area contributed by atoms with Gasteiger partial charge in [-0.2, -0.15) is 0 Å². The van der Waals surface area contributed by atoms with Gasteiger partial charge in [-0.3, -0.25) is 0 Å². The summed E-state index contributed by atoms with van der Waals surface area (Å²) < 4.78 is -0.513. The average molecular weight is 456 g/mol. The summed E-state index contributed by atoms with van der Waals surface area (Å²) in [7, 11) is 0. The zero-order chi connectivity index (χ0) is 14.2. The molecule has 0 fully saturated rings. The summed E-state index contributed by atoms with van der Waals surface area (Å²) in [5.41, 5.74) is 4.22. The van der Waals surface area contributed by atoms with Crippen LogP contribution in [-0.4, -0.2) is 4.98 Å². The Morgan fingerprint density at radius 2 is 1.45 bits per heavy atom. The number of nitrogens with zero attached hydrogens (tertiary/aromatic N) is 1. The van der Waals surface area contributed by atoms with Crippen molar-refractivity contribution in [2.75, 3.05) is 0 Å². The van der Waals surface area contributed by atoms with Crippen LogP contribution < -0.4 is 0 Å². The molecule has 0 aliphatic heterocycles. The van der Waals surface area contributed by atoms with Crippen LogP contribution >= 0.6 is 47.8 Å². The molecule has 0 bridgehead atoms. The predicted molar refractivity (Wildman–Crippen MR) is 95.6 cm³/mol. The Bertz CT molecular complexity index is 749. The van der Waals surface area contributed by atoms with Crippen LogP contribution in [0.1, 0.15) is 5.69 Å². The number of hydrogen-bond acceptors (Lipinski definition) is 1. The molecule has 2 aromatic carbocycles. The molecule has 0 amide bonds. The lowest BCUT2D eigenvalue weighted by atomic mass is 10.0. The summed E-state index contributed by atoms with van der Waals surface area (Å²) in [6.07, 6.45) is 0. The van der Waals surface area contributed by atoms with Crippen LogP contribution in [0, 0.1) is 0 Å². The number of alkyl halides is 3. The van der Waals surface area contributed by atoms with E-state index >= 15 is 0 Å². The molecule has 1 nitrogen and oxygen atoms in total. The van der Waals surface area contributed by atoms with Crippen molar-refractivity contribution in [2.45, 2.75) is 2.14 Å². The highest BCUT2D eigenvalue weighted by molar-refractivity contribution is 9.38. The summed E-state index contributed by atoms with van der Waals surface area (Å²) in [5, 5.41) is 1.15. The number of para-hydroxylation sites is 1. The van der Waals surface area contributed by atoms with Crippen LogP contribution in [0.4, 0.5) is 0 Å². The van der Waals surface area contributed by atoms with Crippen molar-refractivity contribution in [3.8, 4) is 11.1 Å². The third kappa shape index (κ3) is 2.83. The molecule has 100 valence electrons. The lowest BCUT2D eigenvalue weighted by Crippen LogP contribution is -2.02. The summed E-state index contributed by atoms with van der Waals surface area (Å²) in [6.45, 7) is 0. The first-order valence-corrected chi connectivity index (χ1v) is 8.46. The van der Waals surface area contributed by atoms with E-state index in [1.807, 2.05) is 36.4 Å². The van der Waals surface area contributed by atoms with Crippen molar-refractivity contribution in [1.29, 1.82) is 0 Å². The second-order valence-electron chi connectivity index (χ2n) is 4.44. The monoisotopic (exact) mass is 453 g/mol. The van der Waals surface area contributed by atoms with Gasteiger partial charge in [0.2, 0.25) is 0 Å². The zero-order valence-corrected chi connectivity index (χ0v) is 15.1. The van der Waals surface area contributed by atoms with Gasteiger partial charge in [-0.05, 0) is 23.3 Å². The normalized spacial score (nSPS) is 11.8. The fourth-order valence-corrected chi connectivity index (χ4v) is 2.79. The lowest BCUT2D eigenvalue weighted by molar-refractivity contribution is 1.20. The van der Waals surface area contributed by atoms with E-state index in [0.717, 1.165) is 16.6 Å². The van der Waals surface area contributed by atoms with Crippen molar-refractivity contribution < 1.29 is 0 Å². The number of halogens is 3. The molecule has 0 spiro atoms. The van der Waals surface area contributed by atoms with Crippen LogP contribution in [0.5, 0.6) is 0 Å². The van der Waals surface area contributed by atoms with Gasteiger partial charge in [0.15, 0.2) is 2.14 Å². The molecule has 0 unspecified atom stereocenters. The van der Waals surface area contributed by atoms with E-state index in [0.29, 0.717) is 0 Å². The van der Waals surface area contributed by atoms with Gasteiger partial charge < -0.3 is 0 Å². The molecule has 1 aromatic heterocycles. The minimum atomic E-state index is -0.513. The summed E-state index contributed by atoms with van der Waals surface area (Å²) in [6, 6.07) is 20.6. The summed E-state index contributed by atoms with van der Waals surface area (Å²) >= 11 is 10.6. The Labute approximate surface area is 142 Å². The summed E-state index contributed by atoms with van der Waals surface area (Å²) in [5.74, 6) is 0. The minimum absolute atomic E-state index is 0.513. The van der Waals surface area contributed by atoms with Gasteiger partial charge in [0.05, 0.1) is 11.2 Å². The van der Waals surface area contributed by atoms with E-state index in [1.165, 1.54) is 11.1 Å². The van der Waals surface area contributed by atoms with Crippen molar-refractivity contribution >= 4 is 58.7 Å². The van der Waals surface area contributed by atoms with Crippen LogP contribution in [0.2, 0.25) is 0 Å². The SMILES string of the molecule is BrC(Br)(Br)c1cc(-c2ccccc2)c2ccccc2n1. The maximum Gasteiger partial charge on any atom is 0.176 e. The maximum absolute atomic E-state index is 4.69. The Kier molecular flexibility index (Phi) is 3.98. The Balaban J connectivity index is 2.34. The zero-order valence-electron chi connectivity index (χ0n) is 10.4. The second kappa shape index (κ2) is 5.58. The maximum atomic E-state index is 4.69. The topological polar surface area (TPSA) is 12.9 Å². The molecular weight excluding hydrogens is 446 g/mol.